The van der Waals surface area contributed by atoms with Crippen LogP contribution in [0.1, 0.15) is 6.42 Å². The number of hydrogen-bond acceptors (Lipinski definition) is 3. The molecule has 92 valence electrons. The lowest BCUT2D eigenvalue weighted by molar-refractivity contribution is -0.121. The van der Waals surface area contributed by atoms with Gasteiger partial charge in [-0.1, -0.05) is 17.7 Å². The van der Waals surface area contributed by atoms with E-state index in [1.165, 1.54) is 0 Å². The summed E-state index contributed by atoms with van der Waals surface area (Å²) in [6.45, 7) is 1.74. The zero-order valence-electron chi connectivity index (χ0n) is 9.53. The highest BCUT2D eigenvalue weighted by Crippen LogP contribution is 2.21. The van der Waals surface area contributed by atoms with Gasteiger partial charge in [-0.2, -0.15) is 0 Å². The molecular weight excluding hydrogens is 238 g/mol. The number of carbonyl (C=O) groups excluding carboxylic acids is 1. The Morgan fingerprint density at radius 3 is 3.06 bits per heavy atom. The van der Waals surface area contributed by atoms with Gasteiger partial charge in [0.2, 0.25) is 5.91 Å². The van der Waals surface area contributed by atoms with Crippen LogP contribution in [0.15, 0.2) is 24.3 Å². The van der Waals surface area contributed by atoms with Crippen LogP contribution >= 0.6 is 11.6 Å². The molecule has 1 amide bonds. The molecule has 1 aliphatic heterocycles. The molecular formula is C12H16ClN3O. The SMILES string of the molecule is NCCC1CN(c2cccc(Cl)c2)CC(=O)N1. The lowest BCUT2D eigenvalue weighted by Crippen LogP contribution is -2.54. The average molecular weight is 254 g/mol. The van der Waals surface area contributed by atoms with Crippen LogP contribution in [0.2, 0.25) is 5.02 Å². The van der Waals surface area contributed by atoms with E-state index in [1.807, 2.05) is 29.2 Å². The van der Waals surface area contributed by atoms with Crippen molar-refractivity contribution in [3.8, 4) is 0 Å². The maximum Gasteiger partial charge on any atom is 0.239 e. The molecule has 1 atom stereocenters. The summed E-state index contributed by atoms with van der Waals surface area (Å²) in [5.41, 5.74) is 6.50. The standard InChI is InChI=1S/C12H16ClN3O/c13-9-2-1-3-11(6-9)16-7-10(4-5-14)15-12(17)8-16/h1-3,6,10H,4-5,7-8,14H2,(H,15,17). The number of carbonyl (C=O) groups is 1. The Kier molecular flexibility index (Phi) is 3.86. The Bertz CT molecular complexity index is 410. The fourth-order valence-electron chi connectivity index (χ4n) is 2.06. The summed E-state index contributed by atoms with van der Waals surface area (Å²) >= 11 is 5.95. The Morgan fingerprint density at radius 2 is 2.35 bits per heavy atom. The highest BCUT2D eigenvalue weighted by Gasteiger charge is 2.24. The minimum Gasteiger partial charge on any atom is -0.360 e. The van der Waals surface area contributed by atoms with Crippen LogP contribution in [0.5, 0.6) is 0 Å². The van der Waals surface area contributed by atoms with E-state index < -0.39 is 0 Å². The summed E-state index contributed by atoms with van der Waals surface area (Å²) in [6, 6.07) is 7.68. The molecule has 1 aliphatic rings. The number of piperazine rings is 1. The molecule has 0 spiro atoms. The molecule has 1 unspecified atom stereocenters. The largest absolute Gasteiger partial charge is 0.360 e. The molecule has 5 heteroatoms. The maximum atomic E-state index is 11.6. The van der Waals surface area contributed by atoms with Crippen molar-refractivity contribution in [3.63, 3.8) is 0 Å². The van der Waals surface area contributed by atoms with Crippen molar-refractivity contribution in [2.45, 2.75) is 12.5 Å². The number of amides is 1. The van der Waals surface area contributed by atoms with Crippen molar-refractivity contribution in [1.29, 1.82) is 0 Å². The minimum absolute atomic E-state index is 0.0367. The molecule has 1 fully saturated rings. The number of hydrogen-bond donors (Lipinski definition) is 2. The van der Waals surface area contributed by atoms with Crippen LogP contribution in [-0.2, 0) is 4.79 Å². The van der Waals surface area contributed by atoms with Gasteiger partial charge in [-0.15, -0.1) is 0 Å². The van der Waals surface area contributed by atoms with E-state index >= 15 is 0 Å². The summed E-state index contributed by atoms with van der Waals surface area (Å²) in [5.74, 6) is 0.0367. The van der Waals surface area contributed by atoms with E-state index in [0.717, 1.165) is 18.7 Å². The van der Waals surface area contributed by atoms with E-state index in [9.17, 15) is 4.79 Å². The third-order valence-corrected chi connectivity index (χ3v) is 3.06. The highest BCUT2D eigenvalue weighted by atomic mass is 35.5. The molecule has 0 radical (unpaired) electrons. The summed E-state index contributed by atoms with van der Waals surface area (Å²) in [6.07, 6.45) is 0.794. The number of nitrogens with one attached hydrogen (secondary N) is 1. The van der Waals surface area contributed by atoms with E-state index in [-0.39, 0.29) is 11.9 Å². The fourth-order valence-corrected chi connectivity index (χ4v) is 2.24. The van der Waals surface area contributed by atoms with Gasteiger partial charge in [0, 0.05) is 23.3 Å². The summed E-state index contributed by atoms with van der Waals surface area (Å²) in [4.78, 5) is 13.6. The molecule has 0 aromatic heterocycles. The fraction of sp³-hybridized carbons (Fsp3) is 0.417. The van der Waals surface area contributed by atoms with E-state index in [2.05, 4.69) is 5.32 Å². The third kappa shape index (κ3) is 3.11. The molecule has 1 aromatic carbocycles. The lowest BCUT2D eigenvalue weighted by atomic mass is 10.1. The smallest absolute Gasteiger partial charge is 0.239 e. The zero-order chi connectivity index (χ0) is 12.3. The third-order valence-electron chi connectivity index (χ3n) is 2.83. The van der Waals surface area contributed by atoms with Crippen LogP contribution in [-0.4, -0.2) is 31.6 Å². The van der Waals surface area contributed by atoms with E-state index in [0.29, 0.717) is 18.1 Å². The molecule has 1 heterocycles. The zero-order valence-corrected chi connectivity index (χ0v) is 10.3. The molecule has 17 heavy (non-hydrogen) atoms. The molecule has 2 rings (SSSR count). The average Bonchev–Trinajstić information content (AvgIpc) is 2.28. The van der Waals surface area contributed by atoms with Gasteiger partial charge in [-0.25, -0.2) is 0 Å². The Labute approximate surface area is 106 Å². The van der Waals surface area contributed by atoms with Crippen LogP contribution in [0.4, 0.5) is 5.69 Å². The first-order valence-corrected chi connectivity index (χ1v) is 6.07. The van der Waals surface area contributed by atoms with E-state index in [4.69, 9.17) is 17.3 Å². The Balaban J connectivity index is 2.12. The van der Waals surface area contributed by atoms with Crippen molar-refractivity contribution in [2.24, 2.45) is 5.73 Å². The van der Waals surface area contributed by atoms with Crippen molar-refractivity contribution in [3.05, 3.63) is 29.3 Å². The van der Waals surface area contributed by atoms with Gasteiger partial charge in [0.1, 0.15) is 0 Å². The second-order valence-corrected chi connectivity index (χ2v) is 4.64. The van der Waals surface area contributed by atoms with Gasteiger partial charge in [0.25, 0.3) is 0 Å². The normalized spacial score (nSPS) is 20.2. The number of benzene rings is 1. The van der Waals surface area contributed by atoms with Crippen molar-refractivity contribution < 1.29 is 4.79 Å². The number of anilines is 1. The lowest BCUT2D eigenvalue weighted by Gasteiger charge is -2.34. The molecule has 1 saturated heterocycles. The van der Waals surface area contributed by atoms with Gasteiger partial charge in [0.15, 0.2) is 0 Å². The van der Waals surface area contributed by atoms with Crippen molar-refractivity contribution in [2.75, 3.05) is 24.5 Å². The van der Waals surface area contributed by atoms with Crippen LogP contribution in [0, 0.1) is 0 Å². The molecule has 0 bridgehead atoms. The topological polar surface area (TPSA) is 58.4 Å². The second-order valence-electron chi connectivity index (χ2n) is 4.20. The molecule has 3 N–H and O–H groups in total. The van der Waals surface area contributed by atoms with Gasteiger partial charge in [0.05, 0.1) is 6.54 Å². The number of nitrogens with two attached hydrogens (primary N) is 1. The second kappa shape index (κ2) is 5.38. The predicted molar refractivity (Wildman–Crippen MR) is 69.3 cm³/mol. The molecule has 0 aliphatic carbocycles. The van der Waals surface area contributed by atoms with Crippen LogP contribution in [0.3, 0.4) is 0 Å². The Morgan fingerprint density at radius 1 is 1.53 bits per heavy atom. The maximum absolute atomic E-state index is 11.6. The van der Waals surface area contributed by atoms with Gasteiger partial charge < -0.3 is 16.0 Å². The van der Waals surface area contributed by atoms with Gasteiger partial charge >= 0.3 is 0 Å². The summed E-state index contributed by atoms with van der Waals surface area (Å²) in [7, 11) is 0. The minimum atomic E-state index is 0.0367. The molecule has 1 aromatic rings. The van der Waals surface area contributed by atoms with Crippen molar-refractivity contribution >= 4 is 23.2 Å². The number of nitrogens with zero attached hydrogens (tertiary/aromatic N) is 1. The van der Waals surface area contributed by atoms with Crippen molar-refractivity contribution in [1.82, 2.24) is 5.32 Å². The quantitative estimate of drug-likeness (QED) is 0.845. The first kappa shape index (κ1) is 12.2. The molecule has 0 saturated carbocycles. The summed E-state index contributed by atoms with van der Waals surface area (Å²) < 4.78 is 0. The van der Waals surface area contributed by atoms with E-state index in [1.54, 1.807) is 0 Å². The van der Waals surface area contributed by atoms with Gasteiger partial charge in [-0.05, 0) is 31.2 Å². The first-order valence-electron chi connectivity index (χ1n) is 5.69. The predicted octanol–water partition coefficient (Wildman–Crippen LogP) is 0.994. The number of rotatable bonds is 3. The van der Waals surface area contributed by atoms with Gasteiger partial charge in [-0.3, -0.25) is 4.79 Å². The Hall–Kier alpha value is -1.26. The summed E-state index contributed by atoms with van der Waals surface area (Å²) in [5, 5.41) is 3.62. The monoisotopic (exact) mass is 253 g/mol. The van der Waals surface area contributed by atoms with Crippen LogP contribution < -0.4 is 16.0 Å². The van der Waals surface area contributed by atoms with Crippen LogP contribution in [0.25, 0.3) is 0 Å². The molecule has 4 nitrogen and oxygen atoms in total. The number of halogens is 1. The first-order chi connectivity index (χ1) is 8.19. The highest BCUT2D eigenvalue weighted by molar-refractivity contribution is 6.30.